The summed E-state index contributed by atoms with van der Waals surface area (Å²) in [6.07, 6.45) is 5.40. The van der Waals surface area contributed by atoms with Crippen molar-refractivity contribution in [1.29, 1.82) is 0 Å². The Labute approximate surface area is 170 Å². The van der Waals surface area contributed by atoms with Crippen LogP contribution in [0.1, 0.15) is 47.1 Å². The first-order valence-electron chi connectivity index (χ1n) is 10.6. The molecular formula is C23H27N5O. The Morgan fingerprint density at radius 1 is 1.24 bits per heavy atom. The van der Waals surface area contributed by atoms with Crippen molar-refractivity contribution in [2.75, 3.05) is 13.1 Å². The molecule has 6 nitrogen and oxygen atoms in total. The van der Waals surface area contributed by atoms with Gasteiger partial charge in [0.1, 0.15) is 0 Å². The molecule has 29 heavy (non-hydrogen) atoms. The van der Waals surface area contributed by atoms with Gasteiger partial charge in [0.25, 0.3) is 5.91 Å². The maximum atomic E-state index is 12.7. The molecule has 1 aromatic carbocycles. The van der Waals surface area contributed by atoms with Crippen LogP contribution in [0.5, 0.6) is 0 Å². The van der Waals surface area contributed by atoms with Crippen LogP contribution in [-0.2, 0) is 26.1 Å². The number of carbonyl (C=O) groups is 1. The minimum absolute atomic E-state index is 0.0468. The van der Waals surface area contributed by atoms with Crippen molar-refractivity contribution < 1.29 is 4.79 Å². The third-order valence-electron chi connectivity index (χ3n) is 6.03. The van der Waals surface area contributed by atoms with Gasteiger partial charge in [-0.3, -0.25) is 19.4 Å². The van der Waals surface area contributed by atoms with Gasteiger partial charge in [0, 0.05) is 62.0 Å². The van der Waals surface area contributed by atoms with E-state index in [-0.39, 0.29) is 5.91 Å². The molecule has 0 unspecified atom stereocenters. The number of hydrogen-bond donors (Lipinski definition) is 1. The third kappa shape index (κ3) is 3.65. The Morgan fingerprint density at radius 2 is 2.10 bits per heavy atom. The van der Waals surface area contributed by atoms with Crippen molar-refractivity contribution in [1.82, 2.24) is 25.0 Å². The predicted octanol–water partition coefficient (Wildman–Crippen LogP) is 3.15. The highest BCUT2D eigenvalue weighted by molar-refractivity contribution is 5.94. The highest BCUT2D eigenvalue weighted by atomic mass is 16.1. The molecule has 1 fully saturated rings. The molecule has 3 heterocycles. The molecule has 6 heteroatoms. The first-order valence-corrected chi connectivity index (χ1v) is 10.6. The molecule has 5 rings (SSSR count). The molecule has 0 spiro atoms. The lowest BCUT2D eigenvalue weighted by Gasteiger charge is -2.28. The number of hydrogen-bond acceptors (Lipinski definition) is 4. The lowest BCUT2D eigenvalue weighted by Crippen LogP contribution is -2.32. The lowest BCUT2D eigenvalue weighted by atomic mass is 10.0. The van der Waals surface area contributed by atoms with Gasteiger partial charge in [0.15, 0.2) is 5.69 Å². The summed E-state index contributed by atoms with van der Waals surface area (Å²) in [6, 6.07) is 10.4. The van der Waals surface area contributed by atoms with E-state index in [0.29, 0.717) is 12.2 Å². The number of nitrogens with one attached hydrogen (secondary N) is 1. The van der Waals surface area contributed by atoms with Gasteiger partial charge < -0.3 is 5.32 Å². The summed E-state index contributed by atoms with van der Waals surface area (Å²) in [4.78, 5) is 19.6. The topological polar surface area (TPSA) is 63.1 Å². The Bertz CT molecular complexity index is 1050. The number of amides is 1. The summed E-state index contributed by atoms with van der Waals surface area (Å²) in [7, 11) is 0. The molecule has 1 saturated carbocycles. The standard InChI is InChI=1S/C23H27N5O/c1-2-24-23(29)22-19-15-27(12-10-21(19)28(26-22)13-16-7-8-16)14-17-9-11-25-20-6-4-3-5-18(17)20/h3-6,9,11,16H,2,7-8,10,12-15H2,1H3,(H,24,29). The number of benzene rings is 1. The van der Waals surface area contributed by atoms with E-state index < -0.39 is 0 Å². The smallest absolute Gasteiger partial charge is 0.272 e. The molecule has 2 aromatic heterocycles. The van der Waals surface area contributed by atoms with Crippen LogP contribution >= 0.6 is 0 Å². The van der Waals surface area contributed by atoms with Crippen molar-refractivity contribution in [3.05, 3.63) is 59.0 Å². The SMILES string of the molecule is CCNC(=O)c1nn(CC2CC2)c2c1CN(Cc1ccnc3ccccc13)CC2. The molecule has 150 valence electrons. The number of carbonyl (C=O) groups excluding carboxylic acids is 1. The first-order chi connectivity index (χ1) is 14.2. The minimum atomic E-state index is -0.0468. The van der Waals surface area contributed by atoms with Gasteiger partial charge in [-0.05, 0) is 43.4 Å². The second-order valence-corrected chi connectivity index (χ2v) is 8.21. The molecule has 1 aliphatic heterocycles. The fraction of sp³-hybridized carbons (Fsp3) is 0.435. The molecule has 1 aliphatic carbocycles. The number of aromatic nitrogens is 3. The van der Waals surface area contributed by atoms with Gasteiger partial charge in [-0.25, -0.2) is 0 Å². The summed E-state index contributed by atoms with van der Waals surface area (Å²) in [5.74, 6) is 0.691. The van der Waals surface area contributed by atoms with Gasteiger partial charge in [-0.1, -0.05) is 18.2 Å². The van der Waals surface area contributed by atoms with Gasteiger partial charge >= 0.3 is 0 Å². The normalized spacial score (nSPS) is 16.7. The lowest BCUT2D eigenvalue weighted by molar-refractivity contribution is 0.0947. The van der Waals surface area contributed by atoms with Crippen LogP contribution in [0, 0.1) is 5.92 Å². The average Bonchev–Trinajstić information content (AvgIpc) is 3.48. The maximum absolute atomic E-state index is 12.7. The van der Waals surface area contributed by atoms with Gasteiger partial charge in [-0.2, -0.15) is 5.10 Å². The van der Waals surface area contributed by atoms with E-state index in [1.807, 2.05) is 19.2 Å². The molecule has 0 radical (unpaired) electrons. The van der Waals surface area contributed by atoms with Crippen LogP contribution in [0.4, 0.5) is 0 Å². The van der Waals surface area contributed by atoms with Crippen molar-refractivity contribution in [2.24, 2.45) is 5.92 Å². The van der Waals surface area contributed by atoms with Crippen LogP contribution in [-0.4, -0.2) is 38.7 Å². The Morgan fingerprint density at radius 3 is 2.93 bits per heavy atom. The molecule has 2 aliphatic rings. The second-order valence-electron chi connectivity index (χ2n) is 8.21. The van der Waals surface area contributed by atoms with Gasteiger partial charge in [0.05, 0.1) is 5.52 Å². The highest BCUT2D eigenvalue weighted by Crippen LogP contribution is 2.33. The number of para-hydroxylation sites is 1. The van der Waals surface area contributed by atoms with E-state index in [9.17, 15) is 4.79 Å². The molecule has 0 atom stereocenters. The van der Waals surface area contributed by atoms with Crippen LogP contribution in [0.15, 0.2) is 36.5 Å². The fourth-order valence-corrected chi connectivity index (χ4v) is 4.34. The zero-order chi connectivity index (χ0) is 19.8. The fourth-order valence-electron chi connectivity index (χ4n) is 4.34. The average molecular weight is 390 g/mol. The summed E-state index contributed by atoms with van der Waals surface area (Å²) in [6.45, 7) is 6.13. The minimum Gasteiger partial charge on any atom is -0.351 e. The largest absolute Gasteiger partial charge is 0.351 e. The second kappa shape index (κ2) is 7.59. The quantitative estimate of drug-likeness (QED) is 0.703. The van der Waals surface area contributed by atoms with Crippen LogP contribution in [0.3, 0.4) is 0 Å². The molecule has 0 saturated heterocycles. The zero-order valence-corrected chi connectivity index (χ0v) is 16.9. The molecular weight excluding hydrogens is 362 g/mol. The Kier molecular flexibility index (Phi) is 4.79. The van der Waals surface area contributed by atoms with Crippen LogP contribution in [0.2, 0.25) is 0 Å². The zero-order valence-electron chi connectivity index (χ0n) is 16.9. The van der Waals surface area contributed by atoms with E-state index in [0.717, 1.165) is 49.6 Å². The Hall–Kier alpha value is -2.73. The molecule has 3 aromatic rings. The van der Waals surface area contributed by atoms with Crippen molar-refractivity contribution in [2.45, 2.75) is 45.8 Å². The molecule has 0 bridgehead atoms. The Balaban J connectivity index is 1.43. The summed E-state index contributed by atoms with van der Waals surface area (Å²) >= 11 is 0. The van der Waals surface area contributed by atoms with Crippen molar-refractivity contribution >= 4 is 16.8 Å². The van der Waals surface area contributed by atoms with E-state index >= 15 is 0 Å². The summed E-state index contributed by atoms with van der Waals surface area (Å²) in [5, 5.41) is 8.89. The van der Waals surface area contributed by atoms with Gasteiger partial charge in [-0.15, -0.1) is 0 Å². The third-order valence-corrected chi connectivity index (χ3v) is 6.03. The highest BCUT2D eigenvalue weighted by Gasteiger charge is 2.30. The van der Waals surface area contributed by atoms with E-state index in [4.69, 9.17) is 5.10 Å². The number of rotatable bonds is 6. The van der Waals surface area contributed by atoms with E-state index in [1.54, 1.807) is 0 Å². The number of pyridine rings is 1. The number of fused-ring (bicyclic) bond motifs is 2. The predicted molar refractivity (Wildman–Crippen MR) is 113 cm³/mol. The van der Waals surface area contributed by atoms with E-state index in [2.05, 4.69) is 44.1 Å². The molecule has 1 N–H and O–H groups in total. The summed E-state index contributed by atoms with van der Waals surface area (Å²) < 4.78 is 2.12. The van der Waals surface area contributed by atoms with Crippen molar-refractivity contribution in [3.63, 3.8) is 0 Å². The van der Waals surface area contributed by atoms with Crippen LogP contribution < -0.4 is 5.32 Å². The van der Waals surface area contributed by atoms with Crippen LogP contribution in [0.25, 0.3) is 10.9 Å². The molecule has 1 amide bonds. The summed E-state index contributed by atoms with van der Waals surface area (Å²) in [5.41, 5.74) is 5.30. The van der Waals surface area contributed by atoms with Crippen molar-refractivity contribution in [3.8, 4) is 0 Å². The van der Waals surface area contributed by atoms with E-state index in [1.165, 1.54) is 29.5 Å². The monoisotopic (exact) mass is 389 g/mol. The first kappa shape index (κ1) is 18.3. The number of nitrogens with zero attached hydrogens (tertiary/aromatic N) is 4. The van der Waals surface area contributed by atoms with Gasteiger partial charge in [0.2, 0.25) is 0 Å². The maximum Gasteiger partial charge on any atom is 0.272 e.